The maximum atomic E-state index is 12.4. The third-order valence-corrected chi connectivity index (χ3v) is 4.60. The lowest BCUT2D eigenvalue weighted by Crippen LogP contribution is -2.36. The van der Waals surface area contributed by atoms with E-state index in [1.165, 1.54) is 12.1 Å². The molecule has 1 saturated carbocycles. The van der Waals surface area contributed by atoms with Crippen molar-refractivity contribution in [2.75, 3.05) is 0 Å². The Hall–Kier alpha value is -1.84. The van der Waals surface area contributed by atoms with Crippen LogP contribution in [0, 0.1) is 17.8 Å². The van der Waals surface area contributed by atoms with Gasteiger partial charge in [0, 0.05) is 0 Å². The highest BCUT2D eigenvalue weighted by Gasteiger charge is 2.34. The molecule has 0 bridgehead atoms. The van der Waals surface area contributed by atoms with Crippen LogP contribution in [0.1, 0.15) is 60.7 Å². The third-order valence-electron chi connectivity index (χ3n) is 4.60. The highest BCUT2D eigenvalue weighted by molar-refractivity contribution is 6.02. The van der Waals surface area contributed by atoms with Crippen LogP contribution in [-0.4, -0.2) is 23.1 Å². The van der Waals surface area contributed by atoms with E-state index in [0.717, 1.165) is 19.3 Å². The summed E-state index contributed by atoms with van der Waals surface area (Å²) in [5, 5.41) is 9.19. The molecule has 2 rings (SSSR count). The minimum Gasteiger partial charge on any atom is -0.478 e. The molecular weight excluding hydrogens is 280 g/mol. The lowest BCUT2D eigenvalue weighted by atomic mass is 9.75. The number of benzene rings is 1. The molecule has 1 N–H and O–H groups in total. The average Bonchev–Trinajstić information content (AvgIpc) is 2.46. The summed E-state index contributed by atoms with van der Waals surface area (Å²) in [5.41, 5.74) is 0.133. The third kappa shape index (κ3) is 3.67. The molecular formula is C18H24O4. The van der Waals surface area contributed by atoms with E-state index < -0.39 is 11.9 Å². The van der Waals surface area contributed by atoms with Crippen LogP contribution in [0.25, 0.3) is 0 Å². The fourth-order valence-corrected chi connectivity index (χ4v) is 3.30. The van der Waals surface area contributed by atoms with Crippen molar-refractivity contribution in [2.24, 2.45) is 17.8 Å². The smallest absolute Gasteiger partial charge is 0.339 e. The topological polar surface area (TPSA) is 63.6 Å². The van der Waals surface area contributed by atoms with Crippen molar-refractivity contribution in [3.05, 3.63) is 35.4 Å². The maximum absolute atomic E-state index is 12.4. The van der Waals surface area contributed by atoms with Crippen LogP contribution < -0.4 is 0 Å². The van der Waals surface area contributed by atoms with E-state index in [1.54, 1.807) is 12.1 Å². The molecule has 1 aliphatic carbocycles. The Labute approximate surface area is 131 Å². The van der Waals surface area contributed by atoms with Gasteiger partial charge in [0.25, 0.3) is 0 Å². The van der Waals surface area contributed by atoms with Crippen LogP contribution in [0.5, 0.6) is 0 Å². The predicted molar refractivity (Wildman–Crippen MR) is 83.9 cm³/mol. The Kier molecular flexibility index (Phi) is 5.22. The maximum Gasteiger partial charge on any atom is 0.339 e. The molecule has 1 aromatic carbocycles. The number of hydrogen-bond acceptors (Lipinski definition) is 3. The van der Waals surface area contributed by atoms with Crippen molar-refractivity contribution < 1.29 is 19.4 Å². The molecule has 0 aromatic heterocycles. The number of esters is 1. The number of hydrogen-bond donors (Lipinski definition) is 1. The van der Waals surface area contributed by atoms with E-state index in [-0.39, 0.29) is 17.2 Å². The quantitative estimate of drug-likeness (QED) is 0.854. The Morgan fingerprint density at radius 1 is 1.18 bits per heavy atom. The second-order valence-electron chi connectivity index (χ2n) is 6.62. The van der Waals surface area contributed by atoms with Crippen LogP contribution in [0.3, 0.4) is 0 Å². The molecule has 22 heavy (non-hydrogen) atoms. The second-order valence-corrected chi connectivity index (χ2v) is 6.62. The molecule has 1 fully saturated rings. The molecule has 4 nitrogen and oxygen atoms in total. The molecule has 3 atom stereocenters. The summed E-state index contributed by atoms with van der Waals surface area (Å²) in [6.45, 7) is 6.46. The SMILES string of the molecule is CC(C)C1CC[C@H](C)CC1OC(=O)c1ccccc1C(=O)O. The number of aromatic carboxylic acids is 1. The molecule has 4 heteroatoms. The number of ether oxygens (including phenoxy) is 1. The summed E-state index contributed by atoms with van der Waals surface area (Å²) in [6.07, 6.45) is 2.93. The van der Waals surface area contributed by atoms with Gasteiger partial charge in [0.05, 0.1) is 11.1 Å². The summed E-state index contributed by atoms with van der Waals surface area (Å²) < 4.78 is 5.71. The fraction of sp³-hybridized carbons (Fsp3) is 0.556. The molecule has 0 heterocycles. The van der Waals surface area contributed by atoms with Gasteiger partial charge in [-0.05, 0) is 42.7 Å². The van der Waals surface area contributed by atoms with Crippen LogP contribution in [0.4, 0.5) is 0 Å². The van der Waals surface area contributed by atoms with E-state index >= 15 is 0 Å². The van der Waals surface area contributed by atoms with Gasteiger partial charge >= 0.3 is 11.9 Å². The lowest BCUT2D eigenvalue weighted by molar-refractivity contribution is -0.0176. The predicted octanol–water partition coefficient (Wildman–Crippen LogP) is 4.00. The molecule has 0 saturated heterocycles. The van der Waals surface area contributed by atoms with Gasteiger partial charge in [-0.25, -0.2) is 9.59 Å². The first kappa shape index (κ1) is 16.5. The Bertz CT molecular complexity index is 550. The van der Waals surface area contributed by atoms with Gasteiger partial charge in [0.1, 0.15) is 6.10 Å². The van der Waals surface area contributed by atoms with Gasteiger partial charge in [-0.1, -0.05) is 39.3 Å². The first-order valence-electron chi connectivity index (χ1n) is 7.93. The van der Waals surface area contributed by atoms with Gasteiger partial charge in [-0.2, -0.15) is 0 Å². The zero-order valence-corrected chi connectivity index (χ0v) is 13.4. The van der Waals surface area contributed by atoms with E-state index in [9.17, 15) is 14.7 Å². The van der Waals surface area contributed by atoms with Crippen molar-refractivity contribution in [1.82, 2.24) is 0 Å². The number of rotatable bonds is 4. The Balaban J connectivity index is 2.18. The van der Waals surface area contributed by atoms with Crippen molar-refractivity contribution in [3.8, 4) is 0 Å². The van der Waals surface area contributed by atoms with E-state index in [4.69, 9.17) is 4.74 Å². The summed E-state index contributed by atoms with van der Waals surface area (Å²) in [7, 11) is 0. The number of carbonyl (C=O) groups is 2. The molecule has 120 valence electrons. The summed E-state index contributed by atoms with van der Waals surface area (Å²) in [4.78, 5) is 23.7. The Morgan fingerprint density at radius 3 is 2.41 bits per heavy atom. The molecule has 0 spiro atoms. The number of carboxylic acid groups (broad SMARTS) is 1. The fourth-order valence-electron chi connectivity index (χ4n) is 3.30. The van der Waals surface area contributed by atoms with Crippen LogP contribution >= 0.6 is 0 Å². The Morgan fingerprint density at radius 2 is 1.82 bits per heavy atom. The van der Waals surface area contributed by atoms with Crippen LogP contribution in [-0.2, 0) is 4.74 Å². The summed E-state index contributed by atoms with van der Waals surface area (Å²) in [5.74, 6) is -0.313. The van der Waals surface area contributed by atoms with Gasteiger partial charge in [0.2, 0.25) is 0 Å². The van der Waals surface area contributed by atoms with Crippen molar-refractivity contribution >= 4 is 11.9 Å². The summed E-state index contributed by atoms with van der Waals surface area (Å²) >= 11 is 0. The van der Waals surface area contributed by atoms with Gasteiger partial charge in [-0.15, -0.1) is 0 Å². The molecule has 1 aromatic rings. The highest BCUT2D eigenvalue weighted by Crippen LogP contribution is 2.35. The minimum absolute atomic E-state index is 0.00236. The van der Waals surface area contributed by atoms with Gasteiger partial charge in [-0.3, -0.25) is 0 Å². The molecule has 2 unspecified atom stereocenters. The highest BCUT2D eigenvalue weighted by atomic mass is 16.5. The van der Waals surface area contributed by atoms with Gasteiger partial charge < -0.3 is 9.84 Å². The average molecular weight is 304 g/mol. The zero-order chi connectivity index (χ0) is 16.3. The van der Waals surface area contributed by atoms with Gasteiger partial charge in [0.15, 0.2) is 0 Å². The molecule has 0 amide bonds. The van der Waals surface area contributed by atoms with Crippen molar-refractivity contribution in [3.63, 3.8) is 0 Å². The number of carbonyl (C=O) groups excluding carboxylic acids is 1. The van der Waals surface area contributed by atoms with E-state index in [0.29, 0.717) is 17.8 Å². The monoisotopic (exact) mass is 304 g/mol. The number of carboxylic acids is 1. The first-order chi connectivity index (χ1) is 10.4. The zero-order valence-electron chi connectivity index (χ0n) is 13.4. The van der Waals surface area contributed by atoms with Crippen molar-refractivity contribution in [1.29, 1.82) is 0 Å². The van der Waals surface area contributed by atoms with Crippen molar-refractivity contribution in [2.45, 2.75) is 46.1 Å². The summed E-state index contributed by atoms with van der Waals surface area (Å²) in [6, 6.07) is 6.22. The molecule has 0 radical (unpaired) electrons. The second kappa shape index (κ2) is 6.95. The lowest BCUT2D eigenvalue weighted by Gasteiger charge is -2.36. The standard InChI is InChI=1S/C18H24O4/c1-11(2)13-9-8-12(3)10-16(13)22-18(21)15-7-5-4-6-14(15)17(19)20/h4-7,11-13,16H,8-10H2,1-3H3,(H,19,20)/t12-,13?,16?/m0/s1. The molecule has 1 aliphatic rings. The minimum atomic E-state index is -1.11. The van der Waals surface area contributed by atoms with Crippen LogP contribution in [0.2, 0.25) is 0 Å². The first-order valence-corrected chi connectivity index (χ1v) is 7.93. The normalized spacial score (nSPS) is 25.0. The van der Waals surface area contributed by atoms with E-state index in [2.05, 4.69) is 20.8 Å². The van der Waals surface area contributed by atoms with E-state index in [1.807, 2.05) is 0 Å². The molecule has 0 aliphatic heterocycles. The largest absolute Gasteiger partial charge is 0.478 e. The van der Waals surface area contributed by atoms with Crippen LogP contribution in [0.15, 0.2) is 24.3 Å².